The van der Waals surface area contributed by atoms with Gasteiger partial charge in [0, 0.05) is 10.9 Å². The van der Waals surface area contributed by atoms with Crippen LogP contribution in [0.5, 0.6) is 0 Å². The van der Waals surface area contributed by atoms with Gasteiger partial charge in [-0.15, -0.1) is 0 Å². The van der Waals surface area contributed by atoms with Crippen LogP contribution in [0.4, 0.5) is 0 Å². The van der Waals surface area contributed by atoms with Crippen molar-refractivity contribution >= 4 is 11.3 Å². The van der Waals surface area contributed by atoms with E-state index in [9.17, 15) is 0 Å². The molecule has 90 valence electrons. The van der Waals surface area contributed by atoms with Crippen LogP contribution in [0.25, 0.3) is 11.4 Å². The summed E-state index contributed by atoms with van der Waals surface area (Å²) in [5.41, 5.74) is 1.04. The van der Waals surface area contributed by atoms with E-state index in [1.54, 1.807) is 11.3 Å². The SMILES string of the molecule is CC1CCNC(c2nc(-c3ccsc3)no2)C1. The molecule has 4 nitrogen and oxygen atoms in total. The molecule has 1 aliphatic rings. The van der Waals surface area contributed by atoms with E-state index < -0.39 is 0 Å². The zero-order chi connectivity index (χ0) is 11.7. The van der Waals surface area contributed by atoms with Crippen LogP contribution in [-0.2, 0) is 0 Å². The first-order valence-electron chi connectivity index (χ1n) is 5.92. The second-order valence-corrected chi connectivity index (χ2v) is 5.38. The molecule has 0 aliphatic carbocycles. The summed E-state index contributed by atoms with van der Waals surface area (Å²) in [6, 6.07) is 2.23. The number of thiophene rings is 1. The van der Waals surface area contributed by atoms with Crippen LogP contribution < -0.4 is 5.32 Å². The lowest BCUT2D eigenvalue weighted by molar-refractivity contribution is 0.260. The van der Waals surface area contributed by atoms with Crippen molar-refractivity contribution in [1.29, 1.82) is 0 Å². The Morgan fingerprint density at radius 2 is 2.47 bits per heavy atom. The summed E-state index contributed by atoms with van der Waals surface area (Å²) < 4.78 is 5.36. The Balaban J connectivity index is 1.80. The molecule has 1 saturated heterocycles. The van der Waals surface area contributed by atoms with Gasteiger partial charge in [-0.3, -0.25) is 0 Å². The molecule has 0 saturated carbocycles. The maximum Gasteiger partial charge on any atom is 0.244 e. The molecule has 0 aromatic carbocycles. The summed E-state index contributed by atoms with van der Waals surface area (Å²) in [5, 5.41) is 11.5. The fraction of sp³-hybridized carbons (Fsp3) is 0.500. The molecule has 0 bridgehead atoms. The molecule has 0 amide bonds. The van der Waals surface area contributed by atoms with Crippen molar-refractivity contribution in [3.05, 3.63) is 22.7 Å². The smallest absolute Gasteiger partial charge is 0.244 e. The normalized spacial score (nSPS) is 25.0. The van der Waals surface area contributed by atoms with E-state index in [0.717, 1.165) is 30.3 Å². The highest BCUT2D eigenvalue weighted by atomic mass is 32.1. The average molecular weight is 249 g/mol. The Morgan fingerprint density at radius 3 is 3.24 bits per heavy atom. The highest BCUT2D eigenvalue weighted by molar-refractivity contribution is 7.08. The van der Waals surface area contributed by atoms with Gasteiger partial charge in [0.1, 0.15) is 0 Å². The highest BCUT2D eigenvalue weighted by Crippen LogP contribution is 2.27. The van der Waals surface area contributed by atoms with Crippen molar-refractivity contribution in [2.75, 3.05) is 6.54 Å². The Kier molecular flexibility index (Phi) is 2.94. The molecule has 1 N–H and O–H groups in total. The standard InChI is InChI=1S/C12H15N3OS/c1-8-2-4-13-10(6-8)12-14-11(15-16-12)9-3-5-17-7-9/h3,5,7-8,10,13H,2,4,6H2,1H3. The average Bonchev–Trinajstić information content (AvgIpc) is 3.00. The molecule has 2 unspecified atom stereocenters. The highest BCUT2D eigenvalue weighted by Gasteiger charge is 2.24. The second-order valence-electron chi connectivity index (χ2n) is 4.60. The van der Waals surface area contributed by atoms with Crippen molar-refractivity contribution in [2.45, 2.75) is 25.8 Å². The molecule has 2 atom stereocenters. The topological polar surface area (TPSA) is 51.0 Å². The van der Waals surface area contributed by atoms with Crippen molar-refractivity contribution < 1.29 is 4.52 Å². The number of nitrogens with one attached hydrogen (secondary N) is 1. The lowest BCUT2D eigenvalue weighted by atomic mass is 9.94. The fourth-order valence-corrected chi connectivity index (χ4v) is 2.82. The molecular formula is C12H15N3OS. The summed E-state index contributed by atoms with van der Waals surface area (Å²) in [6.07, 6.45) is 2.30. The van der Waals surface area contributed by atoms with E-state index in [4.69, 9.17) is 4.52 Å². The van der Waals surface area contributed by atoms with Gasteiger partial charge in [0.15, 0.2) is 0 Å². The van der Waals surface area contributed by atoms with Gasteiger partial charge < -0.3 is 9.84 Å². The first kappa shape index (κ1) is 10.9. The minimum Gasteiger partial charge on any atom is -0.337 e. The van der Waals surface area contributed by atoms with Gasteiger partial charge in [0.25, 0.3) is 0 Å². The zero-order valence-electron chi connectivity index (χ0n) is 9.72. The number of aromatic nitrogens is 2. The monoisotopic (exact) mass is 249 g/mol. The summed E-state index contributed by atoms with van der Waals surface area (Å²) in [6.45, 7) is 3.30. The van der Waals surface area contributed by atoms with Gasteiger partial charge in [0.05, 0.1) is 6.04 Å². The van der Waals surface area contributed by atoms with Gasteiger partial charge in [-0.1, -0.05) is 12.1 Å². The third-order valence-corrected chi connectivity index (χ3v) is 3.87. The minimum absolute atomic E-state index is 0.221. The Bertz CT molecular complexity index is 480. The summed E-state index contributed by atoms with van der Waals surface area (Å²) >= 11 is 1.64. The molecule has 3 rings (SSSR count). The number of hydrogen-bond acceptors (Lipinski definition) is 5. The van der Waals surface area contributed by atoms with Crippen molar-refractivity contribution in [2.24, 2.45) is 5.92 Å². The first-order chi connectivity index (χ1) is 8.33. The van der Waals surface area contributed by atoms with E-state index >= 15 is 0 Å². The molecule has 17 heavy (non-hydrogen) atoms. The lowest BCUT2D eigenvalue weighted by Gasteiger charge is -2.25. The van der Waals surface area contributed by atoms with Crippen molar-refractivity contribution in [3.8, 4) is 11.4 Å². The molecule has 2 aromatic heterocycles. The molecular weight excluding hydrogens is 234 g/mol. The molecule has 2 aromatic rings. The van der Waals surface area contributed by atoms with Crippen LogP contribution in [0.3, 0.4) is 0 Å². The quantitative estimate of drug-likeness (QED) is 0.889. The number of hydrogen-bond donors (Lipinski definition) is 1. The summed E-state index contributed by atoms with van der Waals surface area (Å²) in [4.78, 5) is 4.48. The first-order valence-corrected chi connectivity index (χ1v) is 6.87. The largest absolute Gasteiger partial charge is 0.337 e. The maximum atomic E-state index is 5.36. The van der Waals surface area contributed by atoms with Gasteiger partial charge in [-0.25, -0.2) is 0 Å². The minimum atomic E-state index is 0.221. The number of nitrogens with zero attached hydrogens (tertiary/aromatic N) is 2. The molecule has 0 spiro atoms. The Hall–Kier alpha value is -1.20. The third-order valence-electron chi connectivity index (χ3n) is 3.19. The van der Waals surface area contributed by atoms with Gasteiger partial charge in [0.2, 0.25) is 11.7 Å². The third kappa shape index (κ3) is 2.25. The number of piperidine rings is 1. The summed E-state index contributed by atoms with van der Waals surface area (Å²) in [7, 11) is 0. The molecule has 3 heterocycles. The van der Waals surface area contributed by atoms with Crippen LogP contribution in [0, 0.1) is 5.92 Å². The van der Waals surface area contributed by atoms with Gasteiger partial charge in [-0.2, -0.15) is 16.3 Å². The van der Waals surface area contributed by atoms with E-state index in [0.29, 0.717) is 5.82 Å². The van der Waals surface area contributed by atoms with Crippen LogP contribution in [0.1, 0.15) is 31.7 Å². The van der Waals surface area contributed by atoms with Crippen LogP contribution in [0.2, 0.25) is 0 Å². The van der Waals surface area contributed by atoms with E-state index in [1.165, 1.54) is 6.42 Å². The zero-order valence-corrected chi connectivity index (χ0v) is 10.5. The van der Waals surface area contributed by atoms with Crippen LogP contribution in [0.15, 0.2) is 21.3 Å². The molecule has 1 aliphatic heterocycles. The molecule has 0 radical (unpaired) electrons. The maximum absolute atomic E-state index is 5.36. The predicted molar refractivity (Wildman–Crippen MR) is 66.8 cm³/mol. The van der Waals surface area contributed by atoms with E-state index in [1.807, 2.05) is 16.8 Å². The Morgan fingerprint density at radius 1 is 1.53 bits per heavy atom. The van der Waals surface area contributed by atoms with Gasteiger partial charge >= 0.3 is 0 Å². The molecule has 5 heteroatoms. The van der Waals surface area contributed by atoms with Crippen LogP contribution in [-0.4, -0.2) is 16.7 Å². The van der Waals surface area contributed by atoms with Crippen LogP contribution >= 0.6 is 11.3 Å². The summed E-state index contributed by atoms with van der Waals surface area (Å²) in [5.74, 6) is 2.14. The predicted octanol–water partition coefficient (Wildman–Crippen LogP) is 2.86. The second kappa shape index (κ2) is 4.58. The number of rotatable bonds is 2. The Labute approximate surface area is 104 Å². The molecule has 1 fully saturated rings. The van der Waals surface area contributed by atoms with E-state index in [-0.39, 0.29) is 6.04 Å². The fourth-order valence-electron chi connectivity index (χ4n) is 2.18. The van der Waals surface area contributed by atoms with Crippen molar-refractivity contribution in [3.63, 3.8) is 0 Å². The lowest BCUT2D eigenvalue weighted by Crippen LogP contribution is -2.30. The van der Waals surface area contributed by atoms with Crippen molar-refractivity contribution in [1.82, 2.24) is 15.5 Å². The van der Waals surface area contributed by atoms with Gasteiger partial charge in [-0.05, 0) is 36.8 Å². The van der Waals surface area contributed by atoms with E-state index in [2.05, 4.69) is 22.4 Å².